The molecular weight excluding hydrogens is 373 g/mol. The first-order valence-corrected chi connectivity index (χ1v) is 9.53. The van der Waals surface area contributed by atoms with Crippen LogP contribution in [0.4, 0.5) is 18.0 Å². The zero-order valence-corrected chi connectivity index (χ0v) is 16.2. The van der Waals surface area contributed by atoms with Crippen LogP contribution < -0.4 is 5.32 Å². The second kappa shape index (κ2) is 9.80. The molecule has 1 fully saturated rings. The highest BCUT2D eigenvalue weighted by molar-refractivity contribution is 5.75. The molecule has 1 N–H and O–H groups in total. The van der Waals surface area contributed by atoms with E-state index in [-0.39, 0.29) is 24.6 Å². The fourth-order valence-electron chi connectivity index (χ4n) is 3.16. The molecule has 8 heteroatoms. The van der Waals surface area contributed by atoms with Crippen LogP contribution in [0.2, 0.25) is 0 Å². The van der Waals surface area contributed by atoms with E-state index in [0.717, 1.165) is 25.0 Å². The summed E-state index contributed by atoms with van der Waals surface area (Å²) < 4.78 is 43.3. The number of amides is 2. The number of nitrogens with zero attached hydrogens (tertiary/aromatic N) is 1. The Morgan fingerprint density at radius 3 is 2.54 bits per heavy atom. The third kappa shape index (κ3) is 7.05. The summed E-state index contributed by atoms with van der Waals surface area (Å²) >= 11 is 0. The van der Waals surface area contributed by atoms with Gasteiger partial charge in [-0.05, 0) is 56.7 Å². The molecule has 1 saturated heterocycles. The molecule has 0 saturated carbocycles. The van der Waals surface area contributed by atoms with Gasteiger partial charge in [0.15, 0.2) is 0 Å². The number of carbonyl (C=O) groups excluding carboxylic acids is 2. The quantitative estimate of drug-likeness (QED) is 0.772. The summed E-state index contributed by atoms with van der Waals surface area (Å²) in [4.78, 5) is 25.6. The summed E-state index contributed by atoms with van der Waals surface area (Å²) in [5.41, 5.74) is -0.304. The van der Waals surface area contributed by atoms with Gasteiger partial charge in [0.25, 0.3) is 0 Å². The van der Waals surface area contributed by atoms with Gasteiger partial charge in [0, 0.05) is 26.1 Å². The summed E-state index contributed by atoms with van der Waals surface area (Å²) in [5, 5.41) is 2.67. The van der Waals surface area contributed by atoms with Gasteiger partial charge in [-0.3, -0.25) is 4.79 Å². The maximum atomic E-state index is 12.7. The summed E-state index contributed by atoms with van der Waals surface area (Å²) in [5.74, 6) is 0.168. The first-order valence-electron chi connectivity index (χ1n) is 9.53. The van der Waals surface area contributed by atoms with Gasteiger partial charge < -0.3 is 15.0 Å². The Morgan fingerprint density at radius 2 is 1.93 bits per heavy atom. The van der Waals surface area contributed by atoms with Crippen molar-refractivity contribution in [2.75, 3.05) is 13.1 Å². The molecule has 2 amide bonds. The topological polar surface area (TPSA) is 58.6 Å². The van der Waals surface area contributed by atoms with Gasteiger partial charge in [-0.15, -0.1) is 0 Å². The minimum Gasteiger partial charge on any atom is -0.447 e. The summed E-state index contributed by atoms with van der Waals surface area (Å²) in [6.45, 7) is 4.91. The van der Waals surface area contributed by atoms with Crippen LogP contribution in [-0.2, 0) is 22.3 Å². The van der Waals surface area contributed by atoms with Gasteiger partial charge in [0.1, 0.15) is 0 Å². The minimum atomic E-state index is -4.39. The zero-order chi connectivity index (χ0) is 20.7. The SMILES string of the molecule is CC(C)OC(=O)N1CCC(CCC(=O)NCc2cccc(C(F)(F)F)c2)CC1. The molecule has 1 aromatic carbocycles. The van der Waals surface area contributed by atoms with Gasteiger partial charge in [-0.25, -0.2) is 4.79 Å². The van der Waals surface area contributed by atoms with Crippen LogP contribution in [0.1, 0.15) is 50.7 Å². The van der Waals surface area contributed by atoms with Crippen molar-refractivity contribution in [1.82, 2.24) is 10.2 Å². The Bertz CT molecular complexity index is 669. The monoisotopic (exact) mass is 400 g/mol. The standard InChI is InChI=1S/C20H27F3N2O3/c1-14(2)28-19(27)25-10-8-15(9-11-25)6-7-18(26)24-13-16-4-3-5-17(12-16)20(21,22)23/h3-5,12,14-15H,6-11,13H2,1-2H3,(H,24,26). The number of halogens is 3. The molecule has 28 heavy (non-hydrogen) atoms. The number of hydrogen-bond acceptors (Lipinski definition) is 3. The molecule has 2 rings (SSSR count). The van der Waals surface area contributed by atoms with Crippen molar-refractivity contribution in [3.05, 3.63) is 35.4 Å². The molecule has 0 aromatic heterocycles. The Balaban J connectivity index is 1.69. The van der Waals surface area contributed by atoms with Crippen LogP contribution >= 0.6 is 0 Å². The second-order valence-corrected chi connectivity index (χ2v) is 7.38. The van der Waals surface area contributed by atoms with Crippen LogP contribution in [0, 0.1) is 5.92 Å². The maximum absolute atomic E-state index is 12.7. The fraction of sp³-hybridized carbons (Fsp3) is 0.600. The van der Waals surface area contributed by atoms with Gasteiger partial charge >= 0.3 is 12.3 Å². The first kappa shape index (κ1) is 22.0. The predicted octanol–water partition coefficient (Wildman–Crippen LogP) is 4.36. The number of rotatable bonds is 6. The Morgan fingerprint density at radius 1 is 1.25 bits per heavy atom. The van der Waals surface area contributed by atoms with Crippen molar-refractivity contribution in [3.63, 3.8) is 0 Å². The van der Waals surface area contributed by atoms with Crippen molar-refractivity contribution in [2.45, 2.75) is 58.4 Å². The van der Waals surface area contributed by atoms with Crippen molar-refractivity contribution in [2.24, 2.45) is 5.92 Å². The van der Waals surface area contributed by atoms with Gasteiger partial charge in [0.05, 0.1) is 11.7 Å². The highest BCUT2D eigenvalue weighted by atomic mass is 19.4. The molecule has 1 aliphatic rings. The van der Waals surface area contributed by atoms with Crippen LogP contribution in [-0.4, -0.2) is 36.1 Å². The summed E-state index contributed by atoms with van der Waals surface area (Å²) in [6.07, 6.45) is -2.20. The van der Waals surface area contributed by atoms with Crippen LogP contribution in [0.15, 0.2) is 24.3 Å². The molecule has 0 radical (unpaired) electrons. The third-order valence-electron chi connectivity index (χ3n) is 4.73. The Kier molecular flexibility index (Phi) is 7.71. The average Bonchev–Trinajstić information content (AvgIpc) is 2.64. The molecule has 1 aromatic rings. The van der Waals surface area contributed by atoms with E-state index in [1.54, 1.807) is 11.0 Å². The molecule has 1 aliphatic heterocycles. The Labute approximate surface area is 163 Å². The van der Waals surface area contributed by atoms with Crippen LogP contribution in [0.5, 0.6) is 0 Å². The van der Waals surface area contributed by atoms with E-state index < -0.39 is 11.7 Å². The molecule has 156 valence electrons. The largest absolute Gasteiger partial charge is 0.447 e. The molecule has 1 heterocycles. The first-order chi connectivity index (χ1) is 13.1. The minimum absolute atomic E-state index is 0.0717. The molecule has 0 spiro atoms. The third-order valence-corrected chi connectivity index (χ3v) is 4.73. The van der Waals surface area contributed by atoms with E-state index in [1.165, 1.54) is 6.07 Å². The van der Waals surface area contributed by atoms with Gasteiger partial charge in [0.2, 0.25) is 5.91 Å². The van der Waals surface area contributed by atoms with Crippen LogP contribution in [0.3, 0.4) is 0 Å². The van der Waals surface area contributed by atoms with Crippen molar-refractivity contribution in [3.8, 4) is 0 Å². The smallest absolute Gasteiger partial charge is 0.416 e. The highest BCUT2D eigenvalue weighted by Gasteiger charge is 2.30. The number of carbonyl (C=O) groups is 2. The normalized spacial score (nSPS) is 15.6. The second-order valence-electron chi connectivity index (χ2n) is 7.38. The lowest BCUT2D eigenvalue weighted by Gasteiger charge is -2.31. The number of hydrogen-bond donors (Lipinski definition) is 1. The van der Waals surface area contributed by atoms with Gasteiger partial charge in [-0.1, -0.05) is 12.1 Å². The molecular formula is C20H27F3N2O3. The van der Waals surface area contributed by atoms with E-state index in [1.807, 2.05) is 13.8 Å². The number of likely N-dealkylation sites (tertiary alicyclic amines) is 1. The zero-order valence-electron chi connectivity index (χ0n) is 16.2. The number of nitrogens with one attached hydrogen (secondary N) is 1. The summed E-state index contributed by atoms with van der Waals surface area (Å²) in [7, 11) is 0. The van der Waals surface area contributed by atoms with E-state index in [4.69, 9.17) is 4.74 Å². The molecule has 0 bridgehead atoms. The Hall–Kier alpha value is -2.25. The van der Waals surface area contributed by atoms with Crippen molar-refractivity contribution >= 4 is 12.0 Å². The average molecular weight is 400 g/mol. The molecule has 0 unspecified atom stereocenters. The van der Waals surface area contributed by atoms with Gasteiger partial charge in [-0.2, -0.15) is 13.2 Å². The molecule has 5 nitrogen and oxygen atoms in total. The fourth-order valence-corrected chi connectivity index (χ4v) is 3.16. The van der Waals surface area contributed by atoms with E-state index in [2.05, 4.69) is 5.32 Å². The number of piperidine rings is 1. The summed E-state index contributed by atoms with van der Waals surface area (Å²) in [6, 6.07) is 4.95. The highest BCUT2D eigenvalue weighted by Crippen LogP contribution is 2.29. The van der Waals surface area contributed by atoms with Crippen molar-refractivity contribution in [1.29, 1.82) is 0 Å². The number of benzene rings is 1. The molecule has 0 atom stereocenters. The molecule has 0 aliphatic carbocycles. The number of alkyl halides is 3. The lowest BCUT2D eigenvalue weighted by Crippen LogP contribution is -2.39. The van der Waals surface area contributed by atoms with Crippen LogP contribution in [0.25, 0.3) is 0 Å². The van der Waals surface area contributed by atoms with Crippen molar-refractivity contribution < 1.29 is 27.5 Å². The number of ether oxygens (including phenoxy) is 1. The van der Waals surface area contributed by atoms with E-state index in [9.17, 15) is 22.8 Å². The van der Waals surface area contributed by atoms with E-state index >= 15 is 0 Å². The lowest BCUT2D eigenvalue weighted by atomic mass is 9.92. The van der Waals surface area contributed by atoms with E-state index in [0.29, 0.717) is 37.4 Å². The maximum Gasteiger partial charge on any atom is 0.416 e. The predicted molar refractivity (Wildman–Crippen MR) is 98.4 cm³/mol. The lowest BCUT2D eigenvalue weighted by molar-refractivity contribution is -0.137.